The smallest absolute Gasteiger partial charge is 0.193 e. The highest BCUT2D eigenvalue weighted by atomic mass is 127. The average molecular weight is 430 g/mol. The van der Waals surface area contributed by atoms with E-state index in [4.69, 9.17) is 4.99 Å². The van der Waals surface area contributed by atoms with E-state index in [-0.39, 0.29) is 24.0 Å². The van der Waals surface area contributed by atoms with Crippen LogP contribution >= 0.6 is 24.0 Å². The number of guanidine groups is 1. The zero-order valence-electron chi connectivity index (χ0n) is 14.7. The summed E-state index contributed by atoms with van der Waals surface area (Å²) >= 11 is 0. The number of hydrogen-bond acceptors (Lipinski definition) is 2. The molecule has 130 valence electrons. The molecule has 1 atom stereocenters. The summed E-state index contributed by atoms with van der Waals surface area (Å²) in [5.74, 6) is 0.977. The molecule has 0 aliphatic carbocycles. The molecular formula is C18H31IN4. The molecule has 1 unspecified atom stereocenters. The predicted molar refractivity (Wildman–Crippen MR) is 110 cm³/mol. The average Bonchev–Trinajstić information content (AvgIpc) is 2.55. The van der Waals surface area contributed by atoms with Gasteiger partial charge in [-0.2, -0.15) is 0 Å². The maximum atomic E-state index is 4.74. The number of likely N-dealkylation sites (tertiary alicyclic amines) is 1. The third-order valence-electron chi connectivity index (χ3n) is 4.33. The molecule has 4 nitrogen and oxygen atoms in total. The molecule has 1 aromatic rings. The maximum Gasteiger partial charge on any atom is 0.193 e. The molecule has 0 amide bonds. The van der Waals surface area contributed by atoms with Crippen molar-refractivity contribution >= 4 is 29.9 Å². The quantitative estimate of drug-likeness (QED) is 0.442. The van der Waals surface area contributed by atoms with E-state index in [1.807, 2.05) is 6.07 Å². The van der Waals surface area contributed by atoms with Gasteiger partial charge >= 0.3 is 0 Å². The Hall–Kier alpha value is -0.820. The van der Waals surface area contributed by atoms with Gasteiger partial charge in [0.1, 0.15) is 0 Å². The summed E-state index contributed by atoms with van der Waals surface area (Å²) in [4.78, 5) is 9.40. The van der Waals surface area contributed by atoms with Crippen LogP contribution in [-0.4, -0.2) is 55.5 Å². The van der Waals surface area contributed by atoms with Crippen molar-refractivity contribution in [3.63, 3.8) is 0 Å². The van der Waals surface area contributed by atoms with Gasteiger partial charge in [-0.1, -0.05) is 43.7 Å². The lowest BCUT2D eigenvalue weighted by Crippen LogP contribution is -2.48. The molecule has 0 aromatic heterocycles. The predicted octanol–water partition coefficient (Wildman–Crippen LogP) is 3.19. The van der Waals surface area contributed by atoms with Crippen molar-refractivity contribution in [3.05, 3.63) is 35.9 Å². The van der Waals surface area contributed by atoms with Crippen LogP contribution in [0.3, 0.4) is 0 Å². The minimum absolute atomic E-state index is 0. The Morgan fingerprint density at radius 2 is 2.00 bits per heavy atom. The van der Waals surface area contributed by atoms with Gasteiger partial charge in [-0.25, -0.2) is 4.99 Å². The normalized spacial score (nSPS) is 19.1. The van der Waals surface area contributed by atoms with Gasteiger partial charge in [0, 0.05) is 26.7 Å². The van der Waals surface area contributed by atoms with Gasteiger partial charge in [-0.05, 0) is 31.5 Å². The number of nitrogens with zero attached hydrogens (tertiary/aromatic N) is 3. The van der Waals surface area contributed by atoms with Crippen LogP contribution in [0.1, 0.15) is 31.7 Å². The van der Waals surface area contributed by atoms with E-state index in [9.17, 15) is 0 Å². The SMILES string of the molecule is CCN1CCCCC1CNC(=NCc1ccccc1)N(C)C.I. The number of benzene rings is 1. The van der Waals surface area contributed by atoms with E-state index in [1.165, 1.54) is 31.4 Å². The van der Waals surface area contributed by atoms with Crippen LogP contribution in [0, 0.1) is 0 Å². The van der Waals surface area contributed by atoms with E-state index in [1.54, 1.807) is 0 Å². The largest absolute Gasteiger partial charge is 0.355 e. The highest BCUT2D eigenvalue weighted by Gasteiger charge is 2.21. The van der Waals surface area contributed by atoms with Crippen LogP contribution in [0.25, 0.3) is 0 Å². The van der Waals surface area contributed by atoms with Crippen LogP contribution in [0.15, 0.2) is 35.3 Å². The number of piperidine rings is 1. The number of likely N-dealkylation sites (N-methyl/N-ethyl adjacent to an activating group) is 1. The van der Waals surface area contributed by atoms with Crippen molar-refractivity contribution in [2.75, 3.05) is 33.7 Å². The molecule has 0 radical (unpaired) electrons. The van der Waals surface area contributed by atoms with E-state index >= 15 is 0 Å². The molecule has 0 saturated carbocycles. The fourth-order valence-corrected chi connectivity index (χ4v) is 3.02. The van der Waals surface area contributed by atoms with Crippen molar-refractivity contribution in [1.29, 1.82) is 0 Å². The molecule has 1 N–H and O–H groups in total. The molecule has 1 saturated heterocycles. The van der Waals surface area contributed by atoms with Gasteiger partial charge in [0.05, 0.1) is 6.54 Å². The second-order valence-corrected chi connectivity index (χ2v) is 6.18. The van der Waals surface area contributed by atoms with E-state index in [0.717, 1.165) is 25.6 Å². The van der Waals surface area contributed by atoms with Gasteiger partial charge in [-0.3, -0.25) is 4.90 Å². The summed E-state index contributed by atoms with van der Waals surface area (Å²) < 4.78 is 0. The Morgan fingerprint density at radius 1 is 1.26 bits per heavy atom. The molecular weight excluding hydrogens is 399 g/mol. The standard InChI is InChI=1S/C18H30N4.HI/c1-4-22-13-9-8-12-17(22)15-20-18(21(2)3)19-14-16-10-6-5-7-11-16;/h5-7,10-11,17H,4,8-9,12-15H2,1-3H3,(H,19,20);1H. The molecule has 0 bridgehead atoms. The lowest BCUT2D eigenvalue weighted by atomic mass is 10.0. The highest BCUT2D eigenvalue weighted by molar-refractivity contribution is 14.0. The highest BCUT2D eigenvalue weighted by Crippen LogP contribution is 2.15. The Kier molecular flexibility index (Phi) is 9.55. The number of nitrogens with one attached hydrogen (secondary N) is 1. The van der Waals surface area contributed by atoms with Crippen LogP contribution in [0.2, 0.25) is 0 Å². The Morgan fingerprint density at radius 3 is 2.65 bits per heavy atom. The monoisotopic (exact) mass is 430 g/mol. The van der Waals surface area contributed by atoms with Crippen LogP contribution in [0.4, 0.5) is 0 Å². The molecule has 1 aliphatic heterocycles. The lowest BCUT2D eigenvalue weighted by Gasteiger charge is -2.35. The van der Waals surface area contributed by atoms with Crippen molar-refractivity contribution in [1.82, 2.24) is 15.1 Å². The fourth-order valence-electron chi connectivity index (χ4n) is 3.02. The van der Waals surface area contributed by atoms with Crippen LogP contribution in [0.5, 0.6) is 0 Å². The first-order valence-electron chi connectivity index (χ1n) is 8.44. The van der Waals surface area contributed by atoms with Gasteiger partial charge in [0.2, 0.25) is 0 Å². The zero-order valence-corrected chi connectivity index (χ0v) is 17.0. The molecule has 2 rings (SSSR count). The summed E-state index contributed by atoms with van der Waals surface area (Å²) in [6.07, 6.45) is 3.98. The van der Waals surface area contributed by atoms with Gasteiger partial charge in [0.15, 0.2) is 5.96 Å². The second-order valence-electron chi connectivity index (χ2n) is 6.18. The van der Waals surface area contributed by atoms with Gasteiger partial charge < -0.3 is 10.2 Å². The first-order valence-corrected chi connectivity index (χ1v) is 8.44. The van der Waals surface area contributed by atoms with E-state index in [0.29, 0.717) is 6.04 Å². The zero-order chi connectivity index (χ0) is 15.8. The van der Waals surface area contributed by atoms with Crippen molar-refractivity contribution < 1.29 is 0 Å². The van der Waals surface area contributed by atoms with Crippen molar-refractivity contribution in [2.45, 2.75) is 38.8 Å². The number of halogens is 1. The van der Waals surface area contributed by atoms with Crippen LogP contribution in [-0.2, 0) is 6.54 Å². The number of aliphatic imine (C=N–C) groups is 1. The Balaban J connectivity index is 0.00000264. The van der Waals surface area contributed by atoms with Crippen molar-refractivity contribution in [2.24, 2.45) is 4.99 Å². The summed E-state index contributed by atoms with van der Waals surface area (Å²) in [7, 11) is 4.10. The summed E-state index contributed by atoms with van der Waals surface area (Å²) in [6, 6.07) is 11.1. The summed E-state index contributed by atoms with van der Waals surface area (Å²) in [5.41, 5.74) is 1.25. The molecule has 0 spiro atoms. The van der Waals surface area contributed by atoms with E-state index in [2.05, 4.69) is 60.4 Å². The minimum Gasteiger partial charge on any atom is -0.355 e. The summed E-state index contributed by atoms with van der Waals surface area (Å²) in [6.45, 7) is 6.35. The lowest BCUT2D eigenvalue weighted by molar-refractivity contribution is 0.157. The van der Waals surface area contributed by atoms with Gasteiger partial charge in [0.25, 0.3) is 0 Å². The number of hydrogen-bond donors (Lipinski definition) is 1. The van der Waals surface area contributed by atoms with Crippen LogP contribution < -0.4 is 5.32 Å². The molecule has 1 fully saturated rings. The molecule has 5 heteroatoms. The van der Waals surface area contributed by atoms with Gasteiger partial charge in [-0.15, -0.1) is 24.0 Å². The van der Waals surface area contributed by atoms with E-state index < -0.39 is 0 Å². The maximum absolute atomic E-state index is 4.74. The Bertz CT molecular complexity index is 461. The fraction of sp³-hybridized carbons (Fsp3) is 0.611. The second kappa shape index (κ2) is 10.9. The van der Waals surface area contributed by atoms with Crippen molar-refractivity contribution in [3.8, 4) is 0 Å². The topological polar surface area (TPSA) is 30.9 Å². The molecule has 1 aliphatic rings. The third kappa shape index (κ3) is 6.67. The Labute approximate surface area is 158 Å². The minimum atomic E-state index is 0. The molecule has 1 heterocycles. The first-order chi connectivity index (χ1) is 10.7. The first kappa shape index (κ1) is 20.2. The summed E-state index contributed by atoms with van der Waals surface area (Å²) in [5, 5.41) is 3.56. The molecule has 23 heavy (non-hydrogen) atoms. The third-order valence-corrected chi connectivity index (χ3v) is 4.33. The molecule has 1 aromatic carbocycles. The number of rotatable bonds is 5.